The summed E-state index contributed by atoms with van der Waals surface area (Å²) in [5, 5.41) is 0. The minimum absolute atomic E-state index is 0.587. The Balaban J connectivity index is 0.000000422. The number of benzene rings is 2. The zero-order valence-electron chi connectivity index (χ0n) is 14.6. The van der Waals surface area contributed by atoms with Crippen molar-refractivity contribution in [3.05, 3.63) is 54.1 Å². The maximum Gasteiger partial charge on any atom is 0.0314 e. The van der Waals surface area contributed by atoms with Crippen LogP contribution in [-0.2, 0) is 0 Å². The largest absolute Gasteiger partial charge is 0.399 e. The van der Waals surface area contributed by atoms with E-state index in [1.807, 2.05) is 12.1 Å². The van der Waals surface area contributed by atoms with Crippen molar-refractivity contribution in [1.29, 1.82) is 0 Å². The van der Waals surface area contributed by atoms with Gasteiger partial charge in [-0.25, -0.2) is 0 Å². The summed E-state index contributed by atoms with van der Waals surface area (Å²) < 4.78 is 0. The molecule has 0 spiro atoms. The molecule has 2 N–H and O–H groups in total. The number of nitrogen functional groups attached to an aromatic ring is 1. The Morgan fingerprint density at radius 2 is 1.50 bits per heavy atom. The molecule has 0 aliphatic carbocycles. The smallest absolute Gasteiger partial charge is 0.0314 e. The SMILES string of the molecule is CCC(C)c1ccccc1-c1ccc(N)cc1.CCN(C)C. The maximum atomic E-state index is 5.73. The summed E-state index contributed by atoms with van der Waals surface area (Å²) in [5.74, 6) is 0.587. The van der Waals surface area contributed by atoms with E-state index in [9.17, 15) is 0 Å². The average Bonchev–Trinajstić information content (AvgIpc) is 2.55. The lowest BCUT2D eigenvalue weighted by Gasteiger charge is -2.15. The van der Waals surface area contributed by atoms with Gasteiger partial charge in [0.1, 0.15) is 0 Å². The molecule has 0 amide bonds. The van der Waals surface area contributed by atoms with Gasteiger partial charge in [-0.3, -0.25) is 0 Å². The third kappa shape index (κ3) is 5.53. The van der Waals surface area contributed by atoms with Crippen molar-refractivity contribution < 1.29 is 0 Å². The van der Waals surface area contributed by atoms with Crippen LogP contribution < -0.4 is 5.73 Å². The molecule has 2 rings (SSSR count). The molecule has 0 heterocycles. The minimum Gasteiger partial charge on any atom is -0.399 e. The molecule has 1 atom stereocenters. The van der Waals surface area contributed by atoms with Crippen LogP contribution in [-0.4, -0.2) is 25.5 Å². The van der Waals surface area contributed by atoms with Crippen LogP contribution in [0, 0.1) is 0 Å². The molecule has 22 heavy (non-hydrogen) atoms. The van der Waals surface area contributed by atoms with E-state index in [1.54, 1.807) is 0 Å². The highest BCUT2D eigenvalue weighted by molar-refractivity contribution is 5.69. The van der Waals surface area contributed by atoms with E-state index >= 15 is 0 Å². The molecule has 0 saturated heterocycles. The third-order valence-corrected chi connectivity index (χ3v) is 3.96. The first-order valence-corrected chi connectivity index (χ1v) is 8.09. The fourth-order valence-electron chi connectivity index (χ4n) is 2.07. The van der Waals surface area contributed by atoms with Crippen LogP contribution in [0.3, 0.4) is 0 Å². The Labute approximate surface area is 136 Å². The Bertz CT molecular complexity index is 544. The van der Waals surface area contributed by atoms with Crippen molar-refractivity contribution in [2.75, 3.05) is 26.4 Å². The van der Waals surface area contributed by atoms with Crippen molar-refractivity contribution in [1.82, 2.24) is 4.90 Å². The van der Waals surface area contributed by atoms with Crippen LogP contribution in [0.15, 0.2) is 48.5 Å². The van der Waals surface area contributed by atoms with Gasteiger partial charge in [0, 0.05) is 5.69 Å². The van der Waals surface area contributed by atoms with Crippen molar-refractivity contribution in [2.45, 2.75) is 33.1 Å². The van der Waals surface area contributed by atoms with Gasteiger partial charge in [0.05, 0.1) is 0 Å². The van der Waals surface area contributed by atoms with E-state index in [4.69, 9.17) is 5.73 Å². The number of nitrogens with two attached hydrogens (primary N) is 1. The normalized spacial score (nSPS) is 11.7. The van der Waals surface area contributed by atoms with Gasteiger partial charge in [0.2, 0.25) is 0 Å². The summed E-state index contributed by atoms with van der Waals surface area (Å²) in [4.78, 5) is 2.12. The Hall–Kier alpha value is -1.80. The molecule has 0 aliphatic heterocycles. The van der Waals surface area contributed by atoms with Gasteiger partial charge in [-0.2, -0.15) is 0 Å². The zero-order chi connectivity index (χ0) is 16.5. The molecule has 0 aliphatic rings. The number of hydrogen-bond donors (Lipinski definition) is 1. The molecule has 2 heteroatoms. The number of nitrogens with zero attached hydrogens (tertiary/aromatic N) is 1. The van der Waals surface area contributed by atoms with Gasteiger partial charge in [-0.1, -0.05) is 57.2 Å². The van der Waals surface area contributed by atoms with Crippen LogP contribution in [0.1, 0.15) is 38.7 Å². The molecule has 2 aromatic carbocycles. The van der Waals surface area contributed by atoms with Crippen LogP contribution >= 0.6 is 0 Å². The molecule has 120 valence electrons. The summed E-state index contributed by atoms with van der Waals surface area (Å²) in [6, 6.07) is 16.7. The molecule has 0 radical (unpaired) electrons. The minimum atomic E-state index is 0.587. The number of hydrogen-bond acceptors (Lipinski definition) is 2. The first kappa shape index (κ1) is 18.2. The van der Waals surface area contributed by atoms with E-state index in [0.717, 1.165) is 18.7 Å². The van der Waals surface area contributed by atoms with Gasteiger partial charge < -0.3 is 10.6 Å². The molecule has 0 saturated carbocycles. The standard InChI is InChI=1S/C16H19N.C4H11N/c1-3-12(2)15-6-4-5-7-16(15)13-8-10-14(17)11-9-13;1-4-5(2)3/h4-12H,3,17H2,1-2H3;4H2,1-3H3. The maximum absolute atomic E-state index is 5.73. The number of rotatable bonds is 4. The van der Waals surface area contributed by atoms with Gasteiger partial charge in [0.25, 0.3) is 0 Å². The van der Waals surface area contributed by atoms with Crippen LogP contribution in [0.2, 0.25) is 0 Å². The molecule has 2 nitrogen and oxygen atoms in total. The Kier molecular flexibility index (Phi) is 7.69. The molecular weight excluding hydrogens is 268 g/mol. The first-order chi connectivity index (χ1) is 10.5. The predicted molar refractivity (Wildman–Crippen MR) is 99.2 cm³/mol. The Morgan fingerprint density at radius 3 is 2.00 bits per heavy atom. The topological polar surface area (TPSA) is 29.3 Å². The molecule has 0 bridgehead atoms. The second-order valence-electron chi connectivity index (χ2n) is 5.91. The zero-order valence-corrected chi connectivity index (χ0v) is 14.6. The van der Waals surface area contributed by atoms with Gasteiger partial charge >= 0.3 is 0 Å². The molecule has 2 aromatic rings. The van der Waals surface area contributed by atoms with Crippen LogP contribution in [0.5, 0.6) is 0 Å². The summed E-state index contributed by atoms with van der Waals surface area (Å²) >= 11 is 0. The lowest BCUT2D eigenvalue weighted by Crippen LogP contribution is -2.08. The number of anilines is 1. The molecular formula is C20H30N2. The second-order valence-corrected chi connectivity index (χ2v) is 5.91. The molecule has 0 aromatic heterocycles. The lowest BCUT2D eigenvalue weighted by molar-refractivity contribution is 0.434. The predicted octanol–water partition coefficient (Wildman–Crippen LogP) is 5.02. The van der Waals surface area contributed by atoms with Gasteiger partial charge in [-0.05, 0) is 61.8 Å². The molecule has 0 fully saturated rings. The van der Waals surface area contributed by atoms with Gasteiger partial charge in [0.15, 0.2) is 0 Å². The van der Waals surface area contributed by atoms with E-state index in [2.05, 4.69) is 76.2 Å². The Morgan fingerprint density at radius 1 is 0.955 bits per heavy atom. The van der Waals surface area contributed by atoms with Crippen molar-refractivity contribution >= 4 is 5.69 Å². The summed E-state index contributed by atoms with van der Waals surface area (Å²) in [6.45, 7) is 7.76. The quantitative estimate of drug-likeness (QED) is 0.803. The lowest BCUT2D eigenvalue weighted by atomic mass is 9.90. The monoisotopic (exact) mass is 298 g/mol. The van der Waals surface area contributed by atoms with Crippen molar-refractivity contribution in [2.24, 2.45) is 0 Å². The highest BCUT2D eigenvalue weighted by Gasteiger charge is 2.09. The van der Waals surface area contributed by atoms with Crippen molar-refractivity contribution in [3.8, 4) is 11.1 Å². The van der Waals surface area contributed by atoms with Crippen molar-refractivity contribution in [3.63, 3.8) is 0 Å². The highest BCUT2D eigenvalue weighted by Crippen LogP contribution is 2.30. The fraction of sp³-hybridized carbons (Fsp3) is 0.400. The first-order valence-electron chi connectivity index (χ1n) is 8.09. The van der Waals surface area contributed by atoms with E-state index in [0.29, 0.717) is 5.92 Å². The fourth-order valence-corrected chi connectivity index (χ4v) is 2.07. The summed E-state index contributed by atoms with van der Waals surface area (Å²) in [7, 11) is 4.11. The van der Waals surface area contributed by atoms with E-state index in [1.165, 1.54) is 16.7 Å². The van der Waals surface area contributed by atoms with Crippen LogP contribution in [0.4, 0.5) is 5.69 Å². The van der Waals surface area contributed by atoms with Gasteiger partial charge in [-0.15, -0.1) is 0 Å². The summed E-state index contributed by atoms with van der Waals surface area (Å²) in [6.07, 6.45) is 1.16. The van der Waals surface area contributed by atoms with E-state index < -0.39 is 0 Å². The second kappa shape index (κ2) is 9.26. The van der Waals surface area contributed by atoms with Crippen LogP contribution in [0.25, 0.3) is 11.1 Å². The third-order valence-electron chi connectivity index (χ3n) is 3.96. The molecule has 1 unspecified atom stereocenters. The highest BCUT2D eigenvalue weighted by atomic mass is 15.0. The summed E-state index contributed by atoms with van der Waals surface area (Å²) in [5.41, 5.74) is 10.5. The average molecular weight is 298 g/mol. The van der Waals surface area contributed by atoms with E-state index in [-0.39, 0.29) is 0 Å².